The van der Waals surface area contributed by atoms with Crippen LogP contribution >= 0.6 is 0 Å². The summed E-state index contributed by atoms with van der Waals surface area (Å²) < 4.78 is 5.46. The molecule has 2 rings (SSSR count). The second-order valence-corrected chi connectivity index (χ2v) is 2.86. The second kappa shape index (κ2) is 3.83. The molecule has 0 bridgehead atoms. The van der Waals surface area contributed by atoms with E-state index in [0.717, 1.165) is 5.82 Å². The number of nitrogens with one attached hydrogen (secondary N) is 1. The number of benzene rings is 1. The van der Waals surface area contributed by atoms with Crippen LogP contribution in [0.2, 0.25) is 0 Å². The maximum absolute atomic E-state index is 5.70. The topological polar surface area (TPSA) is 63.9 Å². The van der Waals surface area contributed by atoms with Gasteiger partial charge in [-0.3, -0.25) is 0 Å². The Morgan fingerprint density at radius 3 is 2.93 bits per heavy atom. The third kappa shape index (κ3) is 1.85. The zero-order valence-electron chi connectivity index (χ0n) is 7.60. The normalized spacial score (nSPS) is 10.0. The molecule has 0 aliphatic rings. The summed E-state index contributed by atoms with van der Waals surface area (Å²) in [6.45, 7) is 0.404. The number of nitrogens with two attached hydrogens (primary N) is 1. The Hall–Kier alpha value is -1.97. The maximum atomic E-state index is 5.70. The largest absolute Gasteiger partial charge is 0.484 e. The number of anilines is 1. The van der Waals surface area contributed by atoms with E-state index in [-0.39, 0.29) is 0 Å². The summed E-state index contributed by atoms with van der Waals surface area (Å²) in [6, 6.07) is 7.39. The summed E-state index contributed by atoms with van der Waals surface area (Å²) in [7, 11) is 0. The molecule has 0 spiro atoms. The first kappa shape index (κ1) is 8.62. The van der Waals surface area contributed by atoms with Crippen LogP contribution in [0.4, 0.5) is 5.69 Å². The Morgan fingerprint density at radius 2 is 2.21 bits per heavy atom. The van der Waals surface area contributed by atoms with E-state index >= 15 is 0 Å². The fourth-order valence-electron chi connectivity index (χ4n) is 1.13. The van der Waals surface area contributed by atoms with Crippen LogP contribution in [-0.2, 0) is 6.61 Å². The molecule has 0 fully saturated rings. The van der Waals surface area contributed by atoms with Gasteiger partial charge in [-0.25, -0.2) is 4.98 Å². The van der Waals surface area contributed by atoms with Crippen LogP contribution in [0.5, 0.6) is 5.75 Å². The lowest BCUT2D eigenvalue weighted by atomic mass is 10.3. The zero-order chi connectivity index (χ0) is 9.80. The molecule has 0 saturated heterocycles. The summed E-state index contributed by atoms with van der Waals surface area (Å²) in [5.41, 5.74) is 6.34. The minimum Gasteiger partial charge on any atom is -0.484 e. The van der Waals surface area contributed by atoms with Crippen LogP contribution in [0, 0.1) is 0 Å². The van der Waals surface area contributed by atoms with Gasteiger partial charge in [0.2, 0.25) is 0 Å². The zero-order valence-corrected chi connectivity index (χ0v) is 7.60. The first-order valence-corrected chi connectivity index (χ1v) is 4.32. The molecule has 4 nitrogen and oxygen atoms in total. The summed E-state index contributed by atoms with van der Waals surface area (Å²) in [6.07, 6.45) is 3.44. The molecule has 0 aliphatic carbocycles. The summed E-state index contributed by atoms with van der Waals surface area (Å²) >= 11 is 0. The van der Waals surface area contributed by atoms with Crippen molar-refractivity contribution in [3.05, 3.63) is 42.5 Å². The highest BCUT2D eigenvalue weighted by molar-refractivity contribution is 5.51. The van der Waals surface area contributed by atoms with Gasteiger partial charge in [0.25, 0.3) is 0 Å². The van der Waals surface area contributed by atoms with Gasteiger partial charge in [-0.2, -0.15) is 0 Å². The van der Waals surface area contributed by atoms with Gasteiger partial charge in [0.1, 0.15) is 18.2 Å². The summed E-state index contributed by atoms with van der Waals surface area (Å²) in [5.74, 6) is 1.47. The quantitative estimate of drug-likeness (QED) is 0.720. The number of para-hydroxylation sites is 2. The number of rotatable bonds is 3. The minimum atomic E-state index is 0.404. The Bertz CT molecular complexity index is 398. The predicted octanol–water partition coefficient (Wildman–Crippen LogP) is 1.57. The molecule has 0 saturated carbocycles. The first-order chi connectivity index (χ1) is 6.86. The monoisotopic (exact) mass is 189 g/mol. The molecule has 1 aromatic carbocycles. The van der Waals surface area contributed by atoms with Gasteiger partial charge in [-0.05, 0) is 12.1 Å². The van der Waals surface area contributed by atoms with Crippen LogP contribution in [0.1, 0.15) is 5.82 Å². The molecule has 0 aliphatic heterocycles. The fraction of sp³-hybridized carbons (Fsp3) is 0.100. The lowest BCUT2D eigenvalue weighted by molar-refractivity contribution is 0.299. The number of nitrogen functional groups attached to an aromatic ring is 1. The lowest BCUT2D eigenvalue weighted by Gasteiger charge is -2.06. The number of aromatic nitrogens is 2. The van der Waals surface area contributed by atoms with E-state index < -0.39 is 0 Å². The molecule has 1 aromatic heterocycles. The van der Waals surface area contributed by atoms with E-state index in [2.05, 4.69) is 9.97 Å². The van der Waals surface area contributed by atoms with Gasteiger partial charge in [0, 0.05) is 12.4 Å². The van der Waals surface area contributed by atoms with Crippen LogP contribution in [0.15, 0.2) is 36.7 Å². The number of nitrogens with zero attached hydrogens (tertiary/aromatic N) is 1. The Labute approximate surface area is 81.7 Å². The summed E-state index contributed by atoms with van der Waals surface area (Å²) in [4.78, 5) is 6.99. The molecular weight excluding hydrogens is 178 g/mol. The standard InChI is InChI=1S/C10H11N3O/c11-8-3-1-2-4-9(8)14-7-10-12-5-6-13-10/h1-6H,7,11H2,(H,12,13). The highest BCUT2D eigenvalue weighted by Crippen LogP contribution is 2.20. The number of imidazole rings is 1. The number of ether oxygens (including phenoxy) is 1. The van der Waals surface area contributed by atoms with E-state index in [4.69, 9.17) is 10.5 Å². The molecule has 72 valence electrons. The second-order valence-electron chi connectivity index (χ2n) is 2.86. The van der Waals surface area contributed by atoms with E-state index in [0.29, 0.717) is 18.0 Å². The van der Waals surface area contributed by atoms with Crippen molar-refractivity contribution in [1.29, 1.82) is 0 Å². The smallest absolute Gasteiger partial charge is 0.146 e. The van der Waals surface area contributed by atoms with Gasteiger partial charge in [-0.1, -0.05) is 12.1 Å². The number of H-pyrrole nitrogens is 1. The molecule has 0 radical (unpaired) electrons. The third-order valence-corrected chi connectivity index (χ3v) is 1.84. The van der Waals surface area contributed by atoms with E-state index in [1.165, 1.54) is 0 Å². The SMILES string of the molecule is Nc1ccccc1OCc1ncc[nH]1. The molecule has 4 heteroatoms. The van der Waals surface area contributed by atoms with Gasteiger partial charge in [-0.15, -0.1) is 0 Å². The van der Waals surface area contributed by atoms with Gasteiger partial charge < -0.3 is 15.5 Å². The van der Waals surface area contributed by atoms with E-state index in [1.807, 2.05) is 18.2 Å². The van der Waals surface area contributed by atoms with Crippen molar-refractivity contribution < 1.29 is 4.74 Å². The molecule has 0 amide bonds. The Balaban J connectivity index is 2.02. The van der Waals surface area contributed by atoms with Crippen LogP contribution in [-0.4, -0.2) is 9.97 Å². The van der Waals surface area contributed by atoms with Gasteiger partial charge >= 0.3 is 0 Å². The summed E-state index contributed by atoms with van der Waals surface area (Å²) in [5, 5.41) is 0. The lowest BCUT2D eigenvalue weighted by Crippen LogP contribution is -1.99. The average Bonchev–Trinajstić information content (AvgIpc) is 2.69. The average molecular weight is 189 g/mol. The molecular formula is C10H11N3O. The van der Waals surface area contributed by atoms with Crippen molar-refractivity contribution in [2.24, 2.45) is 0 Å². The van der Waals surface area contributed by atoms with Crippen molar-refractivity contribution in [2.45, 2.75) is 6.61 Å². The van der Waals surface area contributed by atoms with E-state index in [9.17, 15) is 0 Å². The van der Waals surface area contributed by atoms with Crippen LogP contribution < -0.4 is 10.5 Å². The highest BCUT2D eigenvalue weighted by Gasteiger charge is 1.99. The first-order valence-electron chi connectivity index (χ1n) is 4.32. The van der Waals surface area contributed by atoms with Crippen molar-refractivity contribution in [3.8, 4) is 5.75 Å². The van der Waals surface area contributed by atoms with Crippen molar-refractivity contribution in [1.82, 2.24) is 9.97 Å². The fourth-order valence-corrected chi connectivity index (χ4v) is 1.13. The molecule has 3 N–H and O–H groups in total. The van der Waals surface area contributed by atoms with Crippen LogP contribution in [0.3, 0.4) is 0 Å². The predicted molar refractivity (Wildman–Crippen MR) is 53.8 cm³/mol. The minimum absolute atomic E-state index is 0.404. The van der Waals surface area contributed by atoms with Gasteiger partial charge in [0.05, 0.1) is 5.69 Å². The third-order valence-electron chi connectivity index (χ3n) is 1.84. The van der Waals surface area contributed by atoms with Crippen molar-refractivity contribution in [2.75, 3.05) is 5.73 Å². The Kier molecular flexibility index (Phi) is 2.36. The van der Waals surface area contributed by atoms with Crippen molar-refractivity contribution in [3.63, 3.8) is 0 Å². The molecule has 14 heavy (non-hydrogen) atoms. The highest BCUT2D eigenvalue weighted by atomic mass is 16.5. The van der Waals surface area contributed by atoms with Gasteiger partial charge in [0.15, 0.2) is 0 Å². The van der Waals surface area contributed by atoms with Crippen LogP contribution in [0.25, 0.3) is 0 Å². The molecule has 0 unspecified atom stereocenters. The number of aromatic amines is 1. The number of hydrogen-bond donors (Lipinski definition) is 2. The molecule has 2 aromatic rings. The maximum Gasteiger partial charge on any atom is 0.146 e. The number of hydrogen-bond acceptors (Lipinski definition) is 3. The van der Waals surface area contributed by atoms with E-state index in [1.54, 1.807) is 18.5 Å². The molecule has 1 heterocycles. The Morgan fingerprint density at radius 1 is 1.36 bits per heavy atom. The molecule has 0 atom stereocenters. The van der Waals surface area contributed by atoms with Crippen molar-refractivity contribution >= 4 is 5.69 Å².